The van der Waals surface area contributed by atoms with Crippen LogP contribution in [0.15, 0.2) is 11.4 Å². The molecule has 0 aliphatic rings. The van der Waals surface area contributed by atoms with Crippen LogP contribution in [0.4, 0.5) is 4.79 Å². The van der Waals surface area contributed by atoms with E-state index >= 15 is 0 Å². The van der Waals surface area contributed by atoms with E-state index in [1.54, 1.807) is 27.7 Å². The number of aryl methyl sites for hydroxylation is 1. The highest BCUT2D eigenvalue weighted by atomic mass is 16.6. The van der Waals surface area contributed by atoms with E-state index < -0.39 is 11.7 Å². The third-order valence-corrected chi connectivity index (χ3v) is 1.86. The molecular formula is C10H16N4O3. The average Bonchev–Trinajstić information content (AvgIpc) is 2.57. The van der Waals surface area contributed by atoms with Gasteiger partial charge in [0.1, 0.15) is 5.60 Å². The maximum atomic E-state index is 11.7. The molecule has 0 aliphatic heterocycles. The molecule has 1 aromatic heterocycles. The summed E-state index contributed by atoms with van der Waals surface area (Å²) in [6, 6.07) is 0. The van der Waals surface area contributed by atoms with Gasteiger partial charge in [-0.05, 0) is 27.7 Å². The zero-order valence-corrected chi connectivity index (χ0v) is 10.3. The van der Waals surface area contributed by atoms with E-state index in [9.17, 15) is 4.79 Å². The van der Waals surface area contributed by atoms with Crippen LogP contribution >= 0.6 is 0 Å². The van der Waals surface area contributed by atoms with Crippen molar-refractivity contribution >= 4 is 11.9 Å². The van der Waals surface area contributed by atoms with Gasteiger partial charge < -0.3 is 15.7 Å². The zero-order valence-electron chi connectivity index (χ0n) is 10.3. The lowest BCUT2D eigenvalue weighted by Crippen LogP contribution is -2.27. The van der Waals surface area contributed by atoms with Crippen molar-refractivity contribution in [2.45, 2.75) is 33.3 Å². The number of amidine groups is 1. The monoisotopic (exact) mass is 240 g/mol. The maximum Gasteiger partial charge on any atom is 0.435 e. The minimum atomic E-state index is -0.613. The average molecular weight is 240 g/mol. The Labute approximate surface area is 98.9 Å². The molecule has 1 rings (SSSR count). The number of nitrogens with zero attached hydrogens (tertiary/aromatic N) is 3. The minimum Gasteiger partial charge on any atom is -0.442 e. The van der Waals surface area contributed by atoms with Crippen molar-refractivity contribution in [3.8, 4) is 0 Å². The summed E-state index contributed by atoms with van der Waals surface area (Å²) in [6.45, 7) is 6.91. The fourth-order valence-electron chi connectivity index (χ4n) is 1.17. The van der Waals surface area contributed by atoms with E-state index in [2.05, 4.69) is 10.3 Å². The molecule has 0 aromatic carbocycles. The van der Waals surface area contributed by atoms with Gasteiger partial charge >= 0.3 is 6.09 Å². The van der Waals surface area contributed by atoms with Gasteiger partial charge in [-0.15, -0.1) is 0 Å². The fourth-order valence-corrected chi connectivity index (χ4v) is 1.17. The summed E-state index contributed by atoms with van der Waals surface area (Å²) in [5.41, 5.74) is 5.69. The highest BCUT2D eigenvalue weighted by Crippen LogP contribution is 2.11. The topological polar surface area (TPSA) is 103 Å². The predicted octanol–water partition coefficient (Wildman–Crippen LogP) is 1.07. The third kappa shape index (κ3) is 3.20. The summed E-state index contributed by atoms with van der Waals surface area (Å²) < 4.78 is 6.15. The van der Waals surface area contributed by atoms with E-state index in [-0.39, 0.29) is 5.84 Å². The number of oxime groups is 1. The minimum absolute atomic E-state index is 0.0997. The van der Waals surface area contributed by atoms with Crippen LogP contribution in [-0.4, -0.2) is 32.5 Å². The first-order valence-corrected chi connectivity index (χ1v) is 5.02. The number of rotatable bonds is 1. The third-order valence-electron chi connectivity index (χ3n) is 1.86. The number of ether oxygens (including phenoxy) is 1. The van der Waals surface area contributed by atoms with Crippen molar-refractivity contribution in [1.82, 2.24) is 9.78 Å². The lowest BCUT2D eigenvalue weighted by atomic mass is 10.2. The molecule has 7 nitrogen and oxygen atoms in total. The van der Waals surface area contributed by atoms with Gasteiger partial charge in [0.2, 0.25) is 0 Å². The van der Waals surface area contributed by atoms with Crippen molar-refractivity contribution in [3.63, 3.8) is 0 Å². The Morgan fingerprint density at radius 1 is 1.59 bits per heavy atom. The molecule has 94 valence electrons. The molecular weight excluding hydrogens is 224 g/mol. The predicted molar refractivity (Wildman–Crippen MR) is 61.1 cm³/mol. The molecule has 0 saturated heterocycles. The van der Waals surface area contributed by atoms with Crippen LogP contribution in [0, 0.1) is 6.92 Å². The van der Waals surface area contributed by atoms with Crippen LogP contribution in [0.2, 0.25) is 0 Å². The Morgan fingerprint density at radius 2 is 2.18 bits per heavy atom. The van der Waals surface area contributed by atoms with Gasteiger partial charge in [-0.1, -0.05) is 5.16 Å². The second kappa shape index (κ2) is 4.44. The fraction of sp³-hybridized carbons (Fsp3) is 0.500. The molecule has 3 N–H and O–H groups in total. The number of carbonyl (C=O) groups is 1. The largest absolute Gasteiger partial charge is 0.442 e. The van der Waals surface area contributed by atoms with E-state index in [0.29, 0.717) is 11.3 Å². The van der Waals surface area contributed by atoms with Gasteiger partial charge in [0, 0.05) is 6.20 Å². The molecule has 0 unspecified atom stereocenters. The van der Waals surface area contributed by atoms with Gasteiger partial charge in [-0.25, -0.2) is 4.79 Å². The van der Waals surface area contributed by atoms with E-state index in [0.717, 1.165) is 4.68 Å². The first kappa shape index (κ1) is 13.0. The van der Waals surface area contributed by atoms with Crippen molar-refractivity contribution in [2.75, 3.05) is 0 Å². The molecule has 0 radical (unpaired) electrons. The van der Waals surface area contributed by atoms with Crippen molar-refractivity contribution in [1.29, 1.82) is 0 Å². The second-order valence-corrected chi connectivity index (χ2v) is 4.54. The SMILES string of the molecule is Cc1nn(C(=O)OC(C)(C)C)cc1C(N)=NO. The maximum absolute atomic E-state index is 11.7. The highest BCUT2D eigenvalue weighted by molar-refractivity contribution is 5.98. The number of aromatic nitrogens is 2. The summed E-state index contributed by atoms with van der Waals surface area (Å²) in [5.74, 6) is -0.0997. The molecule has 0 saturated carbocycles. The molecule has 0 bridgehead atoms. The van der Waals surface area contributed by atoms with Gasteiger partial charge in [-0.3, -0.25) is 0 Å². The van der Waals surface area contributed by atoms with Crippen LogP contribution in [0.25, 0.3) is 0 Å². The Balaban J connectivity index is 2.98. The standard InChI is InChI=1S/C10H16N4O3/c1-6-7(8(11)13-16)5-14(12-6)9(15)17-10(2,3)4/h5,16H,1-4H3,(H2,11,13). The van der Waals surface area contributed by atoms with Gasteiger partial charge in [0.15, 0.2) is 5.84 Å². The highest BCUT2D eigenvalue weighted by Gasteiger charge is 2.20. The molecule has 7 heteroatoms. The van der Waals surface area contributed by atoms with Gasteiger partial charge in [0.05, 0.1) is 11.3 Å². The number of hydrogen-bond donors (Lipinski definition) is 2. The molecule has 0 aliphatic carbocycles. The second-order valence-electron chi connectivity index (χ2n) is 4.54. The Kier molecular flexibility index (Phi) is 3.40. The molecule has 17 heavy (non-hydrogen) atoms. The molecule has 0 atom stereocenters. The summed E-state index contributed by atoms with van der Waals surface area (Å²) in [5, 5.41) is 15.3. The summed E-state index contributed by atoms with van der Waals surface area (Å²) in [4.78, 5) is 11.7. The van der Waals surface area contributed by atoms with Crippen molar-refractivity contribution in [3.05, 3.63) is 17.5 Å². The van der Waals surface area contributed by atoms with Crippen molar-refractivity contribution in [2.24, 2.45) is 10.9 Å². The van der Waals surface area contributed by atoms with Crippen LogP contribution in [0.1, 0.15) is 32.0 Å². The van der Waals surface area contributed by atoms with E-state index in [1.165, 1.54) is 6.20 Å². The van der Waals surface area contributed by atoms with E-state index in [1.807, 2.05) is 0 Å². The number of carbonyl (C=O) groups excluding carboxylic acids is 1. The van der Waals surface area contributed by atoms with Crippen molar-refractivity contribution < 1.29 is 14.7 Å². The zero-order chi connectivity index (χ0) is 13.2. The summed E-state index contributed by atoms with van der Waals surface area (Å²) >= 11 is 0. The Morgan fingerprint density at radius 3 is 2.65 bits per heavy atom. The first-order chi connectivity index (χ1) is 7.74. The van der Waals surface area contributed by atoms with E-state index in [4.69, 9.17) is 15.7 Å². The van der Waals surface area contributed by atoms with Crippen LogP contribution < -0.4 is 5.73 Å². The van der Waals surface area contributed by atoms with Crippen LogP contribution in [0.3, 0.4) is 0 Å². The van der Waals surface area contributed by atoms with Gasteiger partial charge in [-0.2, -0.15) is 9.78 Å². The molecule has 1 heterocycles. The normalized spacial score (nSPS) is 12.6. The Hall–Kier alpha value is -2.05. The first-order valence-electron chi connectivity index (χ1n) is 5.02. The number of nitrogens with two attached hydrogens (primary N) is 1. The summed E-state index contributed by atoms with van der Waals surface area (Å²) in [7, 11) is 0. The van der Waals surface area contributed by atoms with Crippen LogP contribution in [-0.2, 0) is 4.74 Å². The molecule has 1 aromatic rings. The molecule has 0 amide bonds. The molecule has 0 spiro atoms. The number of hydrogen-bond acceptors (Lipinski definition) is 5. The Bertz CT molecular complexity index is 457. The lowest BCUT2D eigenvalue weighted by molar-refractivity contribution is 0.0514. The summed E-state index contributed by atoms with van der Waals surface area (Å²) in [6.07, 6.45) is 0.746. The molecule has 0 fully saturated rings. The quantitative estimate of drug-likeness (QED) is 0.331. The van der Waals surface area contributed by atoms with Crippen LogP contribution in [0.5, 0.6) is 0 Å². The smallest absolute Gasteiger partial charge is 0.435 e. The van der Waals surface area contributed by atoms with Gasteiger partial charge in [0.25, 0.3) is 0 Å². The lowest BCUT2D eigenvalue weighted by Gasteiger charge is -2.18.